The summed E-state index contributed by atoms with van der Waals surface area (Å²) in [5, 5.41) is 0. The first-order valence-electron chi connectivity index (χ1n) is 5.74. The van der Waals surface area contributed by atoms with E-state index in [2.05, 4.69) is 4.74 Å². The van der Waals surface area contributed by atoms with Gasteiger partial charge in [0.05, 0.1) is 12.7 Å². The minimum absolute atomic E-state index is 0.0784. The molecule has 5 nitrogen and oxygen atoms in total. The fraction of sp³-hybridized carbons (Fsp3) is 0.615. The largest absolute Gasteiger partial charge is 0.468 e. The van der Waals surface area contributed by atoms with E-state index < -0.39 is 23.1 Å². The minimum atomic E-state index is -0.911. The predicted molar refractivity (Wildman–Crippen MR) is 65.7 cm³/mol. The van der Waals surface area contributed by atoms with Crippen molar-refractivity contribution < 1.29 is 19.1 Å². The van der Waals surface area contributed by atoms with E-state index in [1.54, 1.807) is 32.8 Å². The first kappa shape index (κ1) is 14.4. The maximum Gasteiger partial charge on any atom is 0.317 e. The van der Waals surface area contributed by atoms with E-state index in [0.717, 1.165) is 0 Å². The highest BCUT2D eigenvalue weighted by molar-refractivity contribution is 6.27. The van der Waals surface area contributed by atoms with E-state index in [9.17, 15) is 14.4 Å². The van der Waals surface area contributed by atoms with Crippen LogP contribution in [0.25, 0.3) is 0 Å². The second-order valence-electron chi connectivity index (χ2n) is 5.42. The van der Waals surface area contributed by atoms with Crippen LogP contribution in [0.3, 0.4) is 0 Å². The summed E-state index contributed by atoms with van der Waals surface area (Å²) in [7, 11) is 4.69. The van der Waals surface area contributed by atoms with E-state index in [4.69, 9.17) is 0 Å². The number of hydrogen-bond donors (Lipinski definition) is 0. The molecule has 0 radical (unpaired) electrons. The highest BCUT2D eigenvalue weighted by atomic mass is 16.5. The Labute approximate surface area is 107 Å². The standard InChI is InChI=1S/C13H19NO4/c1-13(2)6-9(15)8(7-14(3)4)11(16)10(13)12(17)18-5/h7,10H,6H2,1-5H3/b8-7+. The van der Waals surface area contributed by atoms with Gasteiger partial charge in [-0.1, -0.05) is 13.8 Å². The van der Waals surface area contributed by atoms with Gasteiger partial charge in [-0.25, -0.2) is 0 Å². The molecule has 1 aliphatic carbocycles. The molecule has 1 fully saturated rings. The zero-order valence-electron chi connectivity index (χ0n) is 11.4. The summed E-state index contributed by atoms with van der Waals surface area (Å²) in [5.74, 6) is -2.16. The normalized spacial score (nSPS) is 25.2. The van der Waals surface area contributed by atoms with Crippen LogP contribution in [0.1, 0.15) is 20.3 Å². The van der Waals surface area contributed by atoms with Gasteiger partial charge < -0.3 is 9.64 Å². The van der Waals surface area contributed by atoms with E-state index in [1.807, 2.05) is 0 Å². The summed E-state index contributed by atoms with van der Waals surface area (Å²) in [5.41, 5.74) is -0.625. The van der Waals surface area contributed by atoms with Crippen LogP contribution in [0.5, 0.6) is 0 Å². The van der Waals surface area contributed by atoms with E-state index in [1.165, 1.54) is 13.3 Å². The van der Waals surface area contributed by atoms with Gasteiger partial charge in [0.2, 0.25) is 0 Å². The Kier molecular flexibility index (Phi) is 3.94. The third-order valence-corrected chi connectivity index (χ3v) is 3.05. The third kappa shape index (κ3) is 2.60. The molecule has 1 atom stereocenters. The highest BCUT2D eigenvalue weighted by Crippen LogP contribution is 2.39. The lowest BCUT2D eigenvalue weighted by molar-refractivity contribution is -0.155. The molecule has 1 saturated carbocycles. The monoisotopic (exact) mass is 253 g/mol. The molecule has 0 N–H and O–H groups in total. The van der Waals surface area contributed by atoms with Crippen molar-refractivity contribution in [3.63, 3.8) is 0 Å². The van der Waals surface area contributed by atoms with Crippen LogP contribution in [-0.2, 0) is 19.1 Å². The Bertz CT molecular complexity index is 421. The van der Waals surface area contributed by atoms with Gasteiger partial charge in [-0.05, 0) is 5.41 Å². The number of carbonyl (C=O) groups is 3. The first-order valence-corrected chi connectivity index (χ1v) is 5.74. The zero-order valence-corrected chi connectivity index (χ0v) is 11.4. The molecule has 0 aromatic heterocycles. The molecule has 0 bridgehead atoms. The molecule has 100 valence electrons. The van der Waals surface area contributed by atoms with Gasteiger partial charge >= 0.3 is 5.97 Å². The lowest BCUT2D eigenvalue weighted by atomic mass is 9.66. The van der Waals surface area contributed by atoms with Gasteiger partial charge in [0.25, 0.3) is 0 Å². The highest BCUT2D eigenvalue weighted by Gasteiger charge is 2.49. The molecule has 0 saturated heterocycles. The van der Waals surface area contributed by atoms with Crippen molar-refractivity contribution in [2.75, 3.05) is 21.2 Å². The van der Waals surface area contributed by atoms with Crippen molar-refractivity contribution in [2.45, 2.75) is 20.3 Å². The number of nitrogens with zero attached hydrogens (tertiary/aromatic N) is 1. The second-order valence-corrected chi connectivity index (χ2v) is 5.42. The van der Waals surface area contributed by atoms with Gasteiger partial charge in [0.1, 0.15) is 5.92 Å². The number of ether oxygens (including phenoxy) is 1. The summed E-state index contributed by atoms with van der Waals surface area (Å²) in [4.78, 5) is 37.6. The molecule has 0 aromatic carbocycles. The lowest BCUT2D eigenvalue weighted by Gasteiger charge is -2.35. The fourth-order valence-corrected chi connectivity index (χ4v) is 2.20. The van der Waals surface area contributed by atoms with Gasteiger partial charge in [0, 0.05) is 26.7 Å². The molecule has 0 heterocycles. The average molecular weight is 253 g/mol. The molecule has 5 heteroatoms. The molecular weight excluding hydrogens is 234 g/mol. The summed E-state index contributed by atoms with van der Waals surface area (Å²) in [6, 6.07) is 0. The van der Waals surface area contributed by atoms with Crippen LogP contribution < -0.4 is 0 Å². The molecule has 18 heavy (non-hydrogen) atoms. The SMILES string of the molecule is COC(=O)C1C(=O)/C(=C/N(C)C)C(=O)CC1(C)C. The van der Waals surface area contributed by atoms with Gasteiger partial charge in [-0.3, -0.25) is 14.4 Å². The Morgan fingerprint density at radius 3 is 2.39 bits per heavy atom. The van der Waals surface area contributed by atoms with Crippen molar-refractivity contribution in [2.24, 2.45) is 11.3 Å². The quantitative estimate of drug-likeness (QED) is 0.315. The molecular formula is C13H19NO4. The number of allylic oxidation sites excluding steroid dienone is 1. The maximum absolute atomic E-state index is 12.3. The van der Waals surface area contributed by atoms with Crippen LogP contribution in [0.4, 0.5) is 0 Å². The smallest absolute Gasteiger partial charge is 0.317 e. The number of hydrogen-bond acceptors (Lipinski definition) is 5. The molecule has 1 aliphatic rings. The van der Waals surface area contributed by atoms with E-state index in [0.29, 0.717) is 0 Å². The van der Waals surface area contributed by atoms with Crippen molar-refractivity contribution >= 4 is 17.5 Å². The van der Waals surface area contributed by atoms with Gasteiger partial charge in [0.15, 0.2) is 11.6 Å². The molecule has 1 rings (SSSR count). The Hall–Kier alpha value is -1.65. The topological polar surface area (TPSA) is 63.7 Å². The van der Waals surface area contributed by atoms with Crippen molar-refractivity contribution in [3.05, 3.63) is 11.8 Å². The van der Waals surface area contributed by atoms with E-state index >= 15 is 0 Å². The van der Waals surface area contributed by atoms with Crippen molar-refractivity contribution in [3.8, 4) is 0 Å². The summed E-state index contributed by atoms with van der Waals surface area (Å²) in [6.45, 7) is 3.47. The number of ketones is 2. The number of esters is 1. The summed E-state index contributed by atoms with van der Waals surface area (Å²) >= 11 is 0. The predicted octanol–water partition coefficient (Wildman–Crippen LogP) is 0.789. The Morgan fingerprint density at radius 1 is 1.39 bits per heavy atom. The number of Topliss-reactive ketones (excluding diaryl/α,β-unsaturated/α-hetero) is 2. The Balaban J connectivity index is 3.21. The molecule has 0 aromatic rings. The van der Waals surface area contributed by atoms with Gasteiger partial charge in [-0.2, -0.15) is 0 Å². The van der Waals surface area contributed by atoms with Crippen LogP contribution in [0.2, 0.25) is 0 Å². The third-order valence-electron chi connectivity index (χ3n) is 3.05. The number of carbonyl (C=O) groups excluding carboxylic acids is 3. The second kappa shape index (κ2) is 4.92. The van der Waals surface area contributed by atoms with E-state index in [-0.39, 0.29) is 17.8 Å². The Morgan fingerprint density at radius 2 is 1.94 bits per heavy atom. The number of rotatable bonds is 2. The number of methoxy groups -OCH3 is 1. The molecule has 1 unspecified atom stereocenters. The zero-order chi connectivity index (χ0) is 14.1. The van der Waals surface area contributed by atoms with Crippen LogP contribution >= 0.6 is 0 Å². The molecule has 0 amide bonds. The maximum atomic E-state index is 12.3. The van der Waals surface area contributed by atoms with Crippen LogP contribution in [0.15, 0.2) is 11.8 Å². The summed E-state index contributed by atoms with van der Waals surface area (Å²) in [6.07, 6.45) is 1.63. The fourth-order valence-electron chi connectivity index (χ4n) is 2.20. The molecule has 0 aliphatic heterocycles. The lowest BCUT2D eigenvalue weighted by Crippen LogP contribution is -2.46. The van der Waals surface area contributed by atoms with Crippen molar-refractivity contribution in [1.29, 1.82) is 0 Å². The summed E-state index contributed by atoms with van der Waals surface area (Å²) < 4.78 is 4.67. The molecule has 0 spiro atoms. The van der Waals surface area contributed by atoms with Crippen LogP contribution in [0, 0.1) is 11.3 Å². The van der Waals surface area contributed by atoms with Gasteiger partial charge in [-0.15, -0.1) is 0 Å². The first-order chi connectivity index (χ1) is 8.20. The van der Waals surface area contributed by atoms with Crippen molar-refractivity contribution in [1.82, 2.24) is 4.90 Å². The minimum Gasteiger partial charge on any atom is -0.468 e. The average Bonchev–Trinajstić information content (AvgIpc) is 2.22. The van der Waals surface area contributed by atoms with Crippen LogP contribution in [-0.4, -0.2) is 43.6 Å².